The van der Waals surface area contributed by atoms with Crippen molar-refractivity contribution in [3.8, 4) is 5.75 Å². The molecule has 1 saturated carbocycles. The Morgan fingerprint density at radius 2 is 1.86 bits per heavy atom. The van der Waals surface area contributed by atoms with Gasteiger partial charge in [-0.3, -0.25) is 14.4 Å². The molecule has 0 spiro atoms. The maximum atomic E-state index is 14.0. The van der Waals surface area contributed by atoms with Crippen molar-refractivity contribution in [2.24, 2.45) is 5.73 Å². The van der Waals surface area contributed by atoms with Crippen LogP contribution in [-0.4, -0.2) is 58.1 Å². The predicted molar refractivity (Wildman–Crippen MR) is 140 cm³/mol. The molecular formula is C27H42N4O6. The zero-order chi connectivity index (χ0) is 27.8. The monoisotopic (exact) mass is 518 g/mol. The van der Waals surface area contributed by atoms with Gasteiger partial charge in [0.2, 0.25) is 17.7 Å². The molecule has 10 nitrogen and oxygen atoms in total. The summed E-state index contributed by atoms with van der Waals surface area (Å²) in [6.07, 6.45) is 3.05. The highest BCUT2D eigenvalue weighted by Crippen LogP contribution is 2.39. The lowest BCUT2D eigenvalue weighted by Crippen LogP contribution is -2.54. The van der Waals surface area contributed by atoms with Gasteiger partial charge in [-0.2, -0.15) is 0 Å². The average molecular weight is 519 g/mol. The highest BCUT2D eigenvalue weighted by Gasteiger charge is 2.44. The number of ether oxygens (including phenoxy) is 1. The molecule has 1 aromatic rings. The van der Waals surface area contributed by atoms with E-state index in [1.807, 2.05) is 0 Å². The number of nitrogens with zero attached hydrogens (tertiary/aromatic N) is 1. The Morgan fingerprint density at radius 3 is 2.43 bits per heavy atom. The number of primary amides is 1. The molecule has 1 aliphatic rings. The Hall–Kier alpha value is -3.30. The fourth-order valence-corrected chi connectivity index (χ4v) is 4.05. The molecule has 0 heterocycles. The van der Waals surface area contributed by atoms with Gasteiger partial charge in [0.25, 0.3) is 0 Å². The van der Waals surface area contributed by atoms with Crippen molar-refractivity contribution in [3.63, 3.8) is 0 Å². The van der Waals surface area contributed by atoms with Crippen molar-refractivity contribution < 1.29 is 29.0 Å². The minimum Gasteiger partial charge on any atom is -0.507 e. The van der Waals surface area contributed by atoms with E-state index in [9.17, 15) is 24.3 Å². The van der Waals surface area contributed by atoms with Crippen LogP contribution in [0.15, 0.2) is 18.2 Å². The number of phenols is 1. The zero-order valence-electron chi connectivity index (χ0n) is 22.6. The van der Waals surface area contributed by atoms with Gasteiger partial charge in [-0.05, 0) is 58.9 Å². The normalized spacial score (nSPS) is 14.8. The summed E-state index contributed by atoms with van der Waals surface area (Å²) < 4.78 is 5.33. The Kier molecular flexibility index (Phi) is 10.8. The van der Waals surface area contributed by atoms with Crippen molar-refractivity contribution in [1.82, 2.24) is 15.5 Å². The van der Waals surface area contributed by atoms with Crippen LogP contribution in [0.1, 0.15) is 89.8 Å². The second-order valence-electron chi connectivity index (χ2n) is 10.6. The maximum absolute atomic E-state index is 14.0. The van der Waals surface area contributed by atoms with E-state index in [0.717, 1.165) is 19.3 Å². The third-order valence-corrected chi connectivity index (χ3v) is 6.03. The Morgan fingerprint density at radius 1 is 1.19 bits per heavy atom. The van der Waals surface area contributed by atoms with Crippen LogP contribution >= 0.6 is 0 Å². The topological polar surface area (TPSA) is 151 Å². The van der Waals surface area contributed by atoms with E-state index in [1.54, 1.807) is 45.9 Å². The molecule has 10 heteroatoms. The quantitative estimate of drug-likeness (QED) is 0.294. The molecule has 5 N–H and O–H groups in total. The van der Waals surface area contributed by atoms with Crippen LogP contribution in [0.5, 0.6) is 5.75 Å². The molecule has 206 valence electrons. The number of benzene rings is 1. The minimum atomic E-state index is -1.15. The van der Waals surface area contributed by atoms with E-state index in [-0.39, 0.29) is 24.6 Å². The van der Waals surface area contributed by atoms with Crippen molar-refractivity contribution in [2.75, 3.05) is 6.54 Å². The molecule has 0 aliphatic heterocycles. The van der Waals surface area contributed by atoms with Crippen LogP contribution in [0.2, 0.25) is 0 Å². The third kappa shape index (κ3) is 9.26. The van der Waals surface area contributed by atoms with Crippen LogP contribution in [0.25, 0.3) is 0 Å². The number of nitrogens with one attached hydrogen (secondary N) is 2. The van der Waals surface area contributed by atoms with E-state index >= 15 is 0 Å². The molecule has 2 rings (SSSR count). The Labute approximate surface area is 219 Å². The first-order chi connectivity index (χ1) is 17.4. The Bertz CT molecular complexity index is 970. The first-order valence-electron chi connectivity index (χ1n) is 13.0. The van der Waals surface area contributed by atoms with Gasteiger partial charge >= 0.3 is 6.09 Å². The summed E-state index contributed by atoms with van der Waals surface area (Å²) in [6, 6.07) is 2.55. The minimum absolute atomic E-state index is 0.0543. The third-order valence-electron chi connectivity index (χ3n) is 6.03. The number of phenolic OH excluding ortho intramolecular Hbond substituents is 1. The zero-order valence-corrected chi connectivity index (χ0v) is 22.6. The molecule has 0 radical (unpaired) electrons. The number of aryl methyl sites for hydroxylation is 1. The van der Waals surface area contributed by atoms with Crippen molar-refractivity contribution >= 4 is 23.8 Å². The fourth-order valence-electron chi connectivity index (χ4n) is 4.05. The van der Waals surface area contributed by atoms with E-state index < -0.39 is 41.5 Å². The molecule has 0 saturated heterocycles. The number of hydrogen-bond acceptors (Lipinski definition) is 6. The van der Waals surface area contributed by atoms with Gasteiger partial charge in [-0.15, -0.1) is 0 Å². The van der Waals surface area contributed by atoms with Crippen molar-refractivity contribution in [3.05, 3.63) is 29.3 Å². The number of hydrogen-bond donors (Lipinski definition) is 4. The number of carbonyl (C=O) groups is 4. The Balaban J connectivity index is 2.45. The lowest BCUT2D eigenvalue weighted by molar-refractivity contribution is -0.143. The van der Waals surface area contributed by atoms with E-state index in [2.05, 4.69) is 17.6 Å². The molecular weight excluding hydrogens is 476 g/mol. The number of para-hydroxylation sites is 1. The molecule has 37 heavy (non-hydrogen) atoms. The van der Waals surface area contributed by atoms with Crippen molar-refractivity contribution in [1.29, 1.82) is 0 Å². The number of amides is 4. The SMILES string of the molecule is CCCCCNC(=O)C(c1cccc(C)c1O)N(C(=O)C(CCC(N)=O)NC(=O)OC(C)(C)C)C1CC1. The number of rotatable bonds is 13. The van der Waals surface area contributed by atoms with Crippen LogP contribution in [0.4, 0.5) is 4.79 Å². The van der Waals surface area contributed by atoms with Crippen LogP contribution in [-0.2, 0) is 19.1 Å². The van der Waals surface area contributed by atoms with Gasteiger partial charge in [0.05, 0.1) is 0 Å². The molecule has 4 amide bonds. The second-order valence-corrected chi connectivity index (χ2v) is 10.6. The van der Waals surface area contributed by atoms with E-state index in [4.69, 9.17) is 10.5 Å². The average Bonchev–Trinajstić information content (AvgIpc) is 3.63. The van der Waals surface area contributed by atoms with Crippen LogP contribution in [0, 0.1) is 6.92 Å². The first kappa shape index (κ1) is 29.9. The number of carbonyl (C=O) groups excluding carboxylic acids is 4. The lowest BCUT2D eigenvalue weighted by Gasteiger charge is -2.35. The summed E-state index contributed by atoms with van der Waals surface area (Å²) in [7, 11) is 0. The fraction of sp³-hybridized carbons (Fsp3) is 0.630. The maximum Gasteiger partial charge on any atom is 0.408 e. The molecule has 1 aromatic carbocycles. The molecule has 1 fully saturated rings. The summed E-state index contributed by atoms with van der Waals surface area (Å²) in [6.45, 7) is 9.31. The highest BCUT2D eigenvalue weighted by atomic mass is 16.6. The van der Waals surface area contributed by atoms with E-state index in [0.29, 0.717) is 30.5 Å². The highest BCUT2D eigenvalue weighted by molar-refractivity contribution is 5.93. The molecule has 0 bridgehead atoms. The van der Waals surface area contributed by atoms with Crippen LogP contribution in [0.3, 0.4) is 0 Å². The first-order valence-corrected chi connectivity index (χ1v) is 13.0. The predicted octanol–water partition coefficient (Wildman–Crippen LogP) is 3.20. The van der Waals surface area contributed by atoms with Crippen LogP contribution < -0.4 is 16.4 Å². The summed E-state index contributed by atoms with van der Waals surface area (Å²) in [4.78, 5) is 53.0. The molecule has 2 atom stereocenters. The van der Waals surface area contributed by atoms with Crippen molar-refractivity contribution in [2.45, 2.75) is 103 Å². The smallest absolute Gasteiger partial charge is 0.408 e. The van der Waals surface area contributed by atoms with Gasteiger partial charge < -0.3 is 31.1 Å². The van der Waals surface area contributed by atoms with Gasteiger partial charge in [0.1, 0.15) is 23.4 Å². The number of nitrogens with two attached hydrogens (primary N) is 1. The van der Waals surface area contributed by atoms with Gasteiger partial charge in [0, 0.05) is 24.6 Å². The number of alkyl carbamates (subject to hydrolysis) is 1. The summed E-state index contributed by atoms with van der Waals surface area (Å²) >= 11 is 0. The molecule has 2 unspecified atom stereocenters. The molecule has 0 aromatic heterocycles. The number of unbranched alkanes of at least 4 members (excludes halogenated alkanes) is 2. The standard InChI is InChI=1S/C27H42N4O6/c1-6-7-8-16-29-24(34)22(19-11-9-10-17(2)23(19)33)31(18-12-13-18)25(35)20(14-15-21(28)32)30-26(36)37-27(3,4)5/h9-11,18,20,22,33H,6-8,12-16H2,1-5H3,(H2,28,32)(H,29,34)(H,30,36). The number of aromatic hydroxyl groups is 1. The summed E-state index contributed by atoms with van der Waals surface area (Å²) in [5, 5.41) is 16.4. The van der Waals surface area contributed by atoms with Gasteiger partial charge in [-0.25, -0.2) is 4.79 Å². The van der Waals surface area contributed by atoms with Gasteiger partial charge in [0.15, 0.2) is 0 Å². The summed E-state index contributed by atoms with van der Waals surface area (Å²) in [5.74, 6) is -1.64. The lowest BCUT2D eigenvalue weighted by atomic mass is 9.98. The second kappa shape index (κ2) is 13.3. The van der Waals surface area contributed by atoms with E-state index in [1.165, 1.54) is 4.90 Å². The van der Waals surface area contributed by atoms with Gasteiger partial charge in [-0.1, -0.05) is 38.0 Å². The summed E-state index contributed by atoms with van der Waals surface area (Å²) in [5.41, 5.74) is 5.41. The molecule has 1 aliphatic carbocycles. The largest absolute Gasteiger partial charge is 0.507 e.